The molecule has 86 valence electrons. The van der Waals surface area contributed by atoms with Gasteiger partial charge >= 0.3 is 0 Å². The number of pyridine rings is 1. The summed E-state index contributed by atoms with van der Waals surface area (Å²) in [7, 11) is 0. The number of hydrogen-bond donors (Lipinski definition) is 0. The van der Waals surface area contributed by atoms with Crippen molar-refractivity contribution in [1.29, 1.82) is 0 Å². The maximum atomic E-state index is 12.2. The number of carbonyl (C=O) groups excluding carboxylic acids is 1. The molecule has 1 unspecified atom stereocenters. The highest BCUT2D eigenvalue weighted by atomic mass is 35.5. The van der Waals surface area contributed by atoms with E-state index in [0.717, 1.165) is 19.4 Å². The van der Waals surface area contributed by atoms with Crippen molar-refractivity contribution in [1.82, 2.24) is 9.88 Å². The van der Waals surface area contributed by atoms with Crippen LogP contribution >= 0.6 is 11.6 Å². The fourth-order valence-corrected chi connectivity index (χ4v) is 2.18. The predicted octanol–water partition coefficient (Wildman–Crippen LogP) is 2.75. The fraction of sp³-hybridized carbons (Fsp3) is 0.500. The summed E-state index contributed by atoms with van der Waals surface area (Å²) >= 11 is 5.69. The van der Waals surface area contributed by atoms with Gasteiger partial charge in [0.2, 0.25) is 0 Å². The lowest BCUT2D eigenvalue weighted by atomic mass is 10.0. The molecule has 4 heteroatoms. The van der Waals surface area contributed by atoms with Crippen molar-refractivity contribution >= 4 is 17.5 Å². The molecule has 2 rings (SSSR count). The summed E-state index contributed by atoms with van der Waals surface area (Å²) in [5, 5.41) is 0.420. The van der Waals surface area contributed by atoms with Gasteiger partial charge in [-0.15, -0.1) is 0 Å². The Kier molecular flexibility index (Phi) is 3.44. The van der Waals surface area contributed by atoms with E-state index in [2.05, 4.69) is 11.9 Å². The van der Waals surface area contributed by atoms with Crippen molar-refractivity contribution in [3.05, 3.63) is 29.0 Å². The zero-order chi connectivity index (χ0) is 11.5. The van der Waals surface area contributed by atoms with E-state index in [9.17, 15) is 4.79 Å². The van der Waals surface area contributed by atoms with Crippen LogP contribution in [0.4, 0.5) is 0 Å². The van der Waals surface area contributed by atoms with E-state index >= 15 is 0 Å². The Morgan fingerprint density at radius 1 is 1.50 bits per heavy atom. The number of carbonyl (C=O) groups is 1. The Balaban J connectivity index is 2.14. The van der Waals surface area contributed by atoms with Crippen LogP contribution in [0.5, 0.6) is 0 Å². The third-order valence-electron chi connectivity index (χ3n) is 3.04. The smallest absolute Gasteiger partial charge is 0.255 e. The van der Waals surface area contributed by atoms with Gasteiger partial charge in [0.25, 0.3) is 5.91 Å². The molecule has 1 aliphatic heterocycles. The molecule has 1 aromatic heterocycles. The van der Waals surface area contributed by atoms with Crippen LogP contribution in [0.3, 0.4) is 0 Å². The first-order chi connectivity index (χ1) is 7.68. The predicted molar refractivity (Wildman–Crippen MR) is 63.6 cm³/mol. The summed E-state index contributed by atoms with van der Waals surface area (Å²) in [6.45, 7) is 2.95. The first-order valence-corrected chi connectivity index (χ1v) is 5.99. The number of hydrogen-bond acceptors (Lipinski definition) is 2. The average molecular weight is 239 g/mol. The molecule has 16 heavy (non-hydrogen) atoms. The van der Waals surface area contributed by atoms with Crippen LogP contribution in [0, 0.1) is 0 Å². The van der Waals surface area contributed by atoms with Crippen molar-refractivity contribution in [2.24, 2.45) is 0 Å². The molecule has 0 radical (unpaired) electrons. The number of likely N-dealkylation sites (tertiary alicyclic amines) is 1. The number of piperidine rings is 1. The van der Waals surface area contributed by atoms with Crippen LogP contribution < -0.4 is 0 Å². The highest BCUT2D eigenvalue weighted by molar-refractivity contribution is 6.29. The topological polar surface area (TPSA) is 33.2 Å². The summed E-state index contributed by atoms with van der Waals surface area (Å²) in [6.07, 6.45) is 4.94. The first-order valence-electron chi connectivity index (χ1n) is 5.61. The van der Waals surface area contributed by atoms with E-state index in [1.54, 1.807) is 18.3 Å². The average Bonchev–Trinajstić information content (AvgIpc) is 2.30. The quantitative estimate of drug-likeness (QED) is 0.705. The molecule has 1 atom stereocenters. The Morgan fingerprint density at radius 2 is 2.31 bits per heavy atom. The summed E-state index contributed by atoms with van der Waals surface area (Å²) in [5.74, 6) is 0.0661. The second-order valence-electron chi connectivity index (χ2n) is 4.21. The normalized spacial score (nSPS) is 20.9. The molecule has 0 spiro atoms. The van der Waals surface area contributed by atoms with Gasteiger partial charge in [-0.2, -0.15) is 0 Å². The molecule has 0 bridgehead atoms. The molecular formula is C12H15ClN2O. The molecule has 1 amide bonds. The molecule has 0 aromatic carbocycles. The monoisotopic (exact) mass is 238 g/mol. The summed E-state index contributed by atoms with van der Waals surface area (Å²) < 4.78 is 0. The minimum atomic E-state index is 0.0661. The Bertz CT molecular complexity index is 377. The second kappa shape index (κ2) is 4.83. The first kappa shape index (κ1) is 11.4. The third-order valence-corrected chi connectivity index (χ3v) is 3.26. The molecule has 1 aromatic rings. The van der Waals surface area contributed by atoms with Gasteiger partial charge < -0.3 is 4.90 Å². The van der Waals surface area contributed by atoms with Crippen LogP contribution in [0.15, 0.2) is 18.3 Å². The van der Waals surface area contributed by atoms with Gasteiger partial charge in [0, 0.05) is 18.8 Å². The highest BCUT2D eigenvalue weighted by Crippen LogP contribution is 2.19. The zero-order valence-corrected chi connectivity index (χ0v) is 10.1. The number of aromatic nitrogens is 1. The highest BCUT2D eigenvalue weighted by Gasteiger charge is 2.24. The van der Waals surface area contributed by atoms with Crippen molar-refractivity contribution in [2.45, 2.75) is 32.2 Å². The molecule has 1 aliphatic rings. The van der Waals surface area contributed by atoms with E-state index in [0.29, 0.717) is 16.8 Å². The van der Waals surface area contributed by atoms with Gasteiger partial charge in [-0.05, 0) is 38.3 Å². The fourth-order valence-electron chi connectivity index (χ4n) is 2.07. The summed E-state index contributed by atoms with van der Waals surface area (Å²) in [5.41, 5.74) is 0.623. The standard InChI is InChI=1S/C12H15ClN2O/c1-9-4-2-3-7-15(9)12(16)10-5-6-11(13)14-8-10/h5-6,8-9H,2-4,7H2,1H3. The largest absolute Gasteiger partial charge is 0.336 e. The van der Waals surface area contributed by atoms with E-state index in [1.165, 1.54) is 6.42 Å². The van der Waals surface area contributed by atoms with Gasteiger partial charge in [-0.3, -0.25) is 4.79 Å². The zero-order valence-electron chi connectivity index (χ0n) is 9.32. The summed E-state index contributed by atoms with van der Waals surface area (Å²) in [4.78, 5) is 18.0. The van der Waals surface area contributed by atoms with E-state index in [-0.39, 0.29) is 5.91 Å². The van der Waals surface area contributed by atoms with Crippen molar-refractivity contribution in [3.63, 3.8) is 0 Å². The van der Waals surface area contributed by atoms with E-state index in [4.69, 9.17) is 11.6 Å². The summed E-state index contributed by atoms with van der Waals surface area (Å²) in [6, 6.07) is 3.72. The van der Waals surface area contributed by atoms with Crippen LogP contribution in [0.2, 0.25) is 5.15 Å². The van der Waals surface area contributed by atoms with Crippen LogP contribution in [0.1, 0.15) is 36.5 Å². The van der Waals surface area contributed by atoms with Gasteiger partial charge in [0.15, 0.2) is 0 Å². The van der Waals surface area contributed by atoms with Gasteiger partial charge in [-0.25, -0.2) is 4.98 Å². The van der Waals surface area contributed by atoms with Gasteiger partial charge in [0.05, 0.1) is 5.56 Å². The van der Waals surface area contributed by atoms with Crippen LogP contribution in [0.25, 0.3) is 0 Å². The van der Waals surface area contributed by atoms with E-state index < -0.39 is 0 Å². The Labute approximate surface area is 100 Å². The lowest BCUT2D eigenvalue weighted by molar-refractivity contribution is 0.0635. The number of amides is 1. The molecule has 1 saturated heterocycles. The Hall–Kier alpha value is -1.09. The molecular weight excluding hydrogens is 224 g/mol. The second-order valence-corrected chi connectivity index (χ2v) is 4.60. The number of rotatable bonds is 1. The van der Waals surface area contributed by atoms with Crippen molar-refractivity contribution < 1.29 is 4.79 Å². The molecule has 2 heterocycles. The SMILES string of the molecule is CC1CCCCN1C(=O)c1ccc(Cl)nc1. The number of nitrogens with zero attached hydrogens (tertiary/aromatic N) is 2. The number of halogens is 1. The maximum Gasteiger partial charge on any atom is 0.255 e. The van der Waals surface area contributed by atoms with Crippen molar-refractivity contribution in [2.75, 3.05) is 6.54 Å². The van der Waals surface area contributed by atoms with Crippen molar-refractivity contribution in [3.8, 4) is 0 Å². The molecule has 0 saturated carbocycles. The Morgan fingerprint density at radius 3 is 2.94 bits per heavy atom. The third kappa shape index (κ3) is 2.35. The molecule has 1 fully saturated rings. The molecule has 0 aliphatic carbocycles. The lowest BCUT2D eigenvalue weighted by Crippen LogP contribution is -2.42. The van der Waals surface area contributed by atoms with Gasteiger partial charge in [-0.1, -0.05) is 11.6 Å². The van der Waals surface area contributed by atoms with Crippen LogP contribution in [-0.2, 0) is 0 Å². The van der Waals surface area contributed by atoms with E-state index in [1.807, 2.05) is 4.90 Å². The minimum absolute atomic E-state index is 0.0661. The van der Waals surface area contributed by atoms with Gasteiger partial charge in [0.1, 0.15) is 5.15 Å². The molecule has 3 nitrogen and oxygen atoms in total. The molecule has 0 N–H and O–H groups in total. The van der Waals surface area contributed by atoms with Crippen LogP contribution in [-0.4, -0.2) is 28.4 Å². The maximum absolute atomic E-state index is 12.2. The minimum Gasteiger partial charge on any atom is -0.336 e. The lowest BCUT2D eigenvalue weighted by Gasteiger charge is -2.33.